The van der Waals surface area contributed by atoms with Crippen molar-refractivity contribution in [1.29, 1.82) is 0 Å². The third-order valence-electron chi connectivity index (χ3n) is 6.37. The molecule has 160 valence electrons. The lowest BCUT2D eigenvalue weighted by molar-refractivity contribution is -0.137. The SMILES string of the molecule is CC1C(=O)N(C)CCN1C(=O)c1cc(CN2CCC(Cc3ccccc3)CC2)on1. The first-order chi connectivity index (χ1) is 14.5. The molecule has 0 saturated carbocycles. The van der Waals surface area contributed by atoms with Crippen molar-refractivity contribution >= 4 is 11.8 Å². The van der Waals surface area contributed by atoms with E-state index in [1.165, 1.54) is 5.56 Å². The first-order valence-corrected chi connectivity index (χ1v) is 10.8. The number of piperidine rings is 1. The second-order valence-corrected chi connectivity index (χ2v) is 8.52. The minimum Gasteiger partial charge on any atom is -0.359 e. The molecule has 2 aliphatic rings. The molecule has 30 heavy (non-hydrogen) atoms. The van der Waals surface area contributed by atoms with Crippen molar-refractivity contribution in [3.63, 3.8) is 0 Å². The van der Waals surface area contributed by atoms with Gasteiger partial charge < -0.3 is 14.3 Å². The molecule has 1 atom stereocenters. The molecule has 2 aliphatic heterocycles. The molecule has 2 aromatic rings. The van der Waals surface area contributed by atoms with E-state index in [1.807, 2.05) is 0 Å². The number of piperazine rings is 1. The summed E-state index contributed by atoms with van der Waals surface area (Å²) in [6.45, 7) is 5.51. The lowest BCUT2D eigenvalue weighted by atomic mass is 9.90. The van der Waals surface area contributed by atoms with Gasteiger partial charge in [-0.1, -0.05) is 35.5 Å². The Labute approximate surface area is 177 Å². The van der Waals surface area contributed by atoms with Crippen LogP contribution in [-0.2, 0) is 17.8 Å². The number of hydrogen-bond acceptors (Lipinski definition) is 5. The predicted molar refractivity (Wildman–Crippen MR) is 113 cm³/mol. The van der Waals surface area contributed by atoms with Gasteiger partial charge in [0.2, 0.25) is 5.91 Å². The number of carbonyl (C=O) groups is 2. The fraction of sp³-hybridized carbons (Fsp3) is 0.522. The van der Waals surface area contributed by atoms with E-state index in [0.717, 1.165) is 32.4 Å². The minimum atomic E-state index is -0.472. The molecule has 0 radical (unpaired) electrons. The maximum Gasteiger partial charge on any atom is 0.276 e. The third-order valence-corrected chi connectivity index (χ3v) is 6.37. The van der Waals surface area contributed by atoms with Crippen LogP contribution in [0.25, 0.3) is 0 Å². The average Bonchev–Trinajstić information content (AvgIpc) is 3.22. The fourth-order valence-electron chi connectivity index (χ4n) is 4.44. The zero-order valence-electron chi connectivity index (χ0n) is 17.8. The molecule has 1 aromatic heterocycles. The number of likely N-dealkylation sites (N-methyl/N-ethyl adjacent to an activating group) is 1. The maximum atomic E-state index is 12.8. The van der Waals surface area contributed by atoms with Crippen LogP contribution < -0.4 is 0 Å². The Morgan fingerprint density at radius 1 is 1.13 bits per heavy atom. The topological polar surface area (TPSA) is 69.9 Å². The summed E-state index contributed by atoms with van der Waals surface area (Å²) in [6.07, 6.45) is 3.46. The molecule has 3 heterocycles. The van der Waals surface area contributed by atoms with Crippen LogP contribution in [0.3, 0.4) is 0 Å². The van der Waals surface area contributed by atoms with Gasteiger partial charge in [-0.3, -0.25) is 14.5 Å². The molecule has 2 saturated heterocycles. The molecule has 4 rings (SSSR count). The number of benzene rings is 1. The fourth-order valence-corrected chi connectivity index (χ4v) is 4.44. The highest BCUT2D eigenvalue weighted by molar-refractivity contribution is 5.96. The zero-order chi connectivity index (χ0) is 21.1. The first kappa shape index (κ1) is 20.6. The van der Waals surface area contributed by atoms with Crippen LogP contribution in [0.1, 0.15) is 41.6 Å². The van der Waals surface area contributed by atoms with Crippen molar-refractivity contribution in [2.24, 2.45) is 5.92 Å². The number of carbonyl (C=O) groups excluding carboxylic acids is 2. The van der Waals surface area contributed by atoms with Crippen LogP contribution in [0.5, 0.6) is 0 Å². The van der Waals surface area contributed by atoms with E-state index in [-0.39, 0.29) is 17.5 Å². The summed E-state index contributed by atoms with van der Waals surface area (Å²) in [7, 11) is 1.76. The second kappa shape index (κ2) is 9.00. The highest BCUT2D eigenvalue weighted by atomic mass is 16.5. The maximum absolute atomic E-state index is 12.8. The summed E-state index contributed by atoms with van der Waals surface area (Å²) >= 11 is 0. The van der Waals surface area contributed by atoms with E-state index in [2.05, 4.69) is 40.4 Å². The van der Waals surface area contributed by atoms with E-state index in [4.69, 9.17) is 4.52 Å². The van der Waals surface area contributed by atoms with Gasteiger partial charge in [-0.05, 0) is 50.8 Å². The number of likely N-dealkylation sites (tertiary alicyclic amines) is 1. The van der Waals surface area contributed by atoms with Gasteiger partial charge in [0.05, 0.1) is 6.54 Å². The minimum absolute atomic E-state index is 0.0447. The van der Waals surface area contributed by atoms with Gasteiger partial charge in [0.15, 0.2) is 11.5 Å². The second-order valence-electron chi connectivity index (χ2n) is 8.52. The van der Waals surface area contributed by atoms with Crippen molar-refractivity contribution in [2.45, 2.75) is 38.8 Å². The van der Waals surface area contributed by atoms with Crippen LogP contribution in [0, 0.1) is 5.92 Å². The van der Waals surface area contributed by atoms with Gasteiger partial charge in [0.1, 0.15) is 6.04 Å². The molecule has 2 fully saturated rings. The standard InChI is InChI=1S/C23H30N4O3/c1-17-22(28)25(2)12-13-27(17)23(29)21-15-20(30-24-21)16-26-10-8-19(9-11-26)14-18-6-4-3-5-7-18/h3-7,15,17,19H,8-14,16H2,1-2H3. The first-order valence-electron chi connectivity index (χ1n) is 10.8. The quantitative estimate of drug-likeness (QED) is 0.757. The van der Waals surface area contributed by atoms with Crippen molar-refractivity contribution in [2.75, 3.05) is 33.2 Å². The molecule has 7 heteroatoms. The van der Waals surface area contributed by atoms with Gasteiger partial charge >= 0.3 is 0 Å². The lowest BCUT2D eigenvalue weighted by Crippen LogP contribution is -2.56. The van der Waals surface area contributed by atoms with E-state index in [1.54, 1.807) is 29.8 Å². The van der Waals surface area contributed by atoms with Crippen molar-refractivity contribution < 1.29 is 14.1 Å². The van der Waals surface area contributed by atoms with Crippen LogP contribution in [0.2, 0.25) is 0 Å². The molecule has 1 unspecified atom stereocenters. The van der Waals surface area contributed by atoms with Crippen molar-refractivity contribution in [1.82, 2.24) is 19.9 Å². The van der Waals surface area contributed by atoms with Gasteiger partial charge in [0.25, 0.3) is 5.91 Å². The molecule has 7 nitrogen and oxygen atoms in total. The Kier molecular flexibility index (Phi) is 6.18. The summed E-state index contributed by atoms with van der Waals surface area (Å²) in [5, 5.41) is 3.99. The Morgan fingerprint density at radius 3 is 2.60 bits per heavy atom. The number of nitrogens with zero attached hydrogens (tertiary/aromatic N) is 4. The number of aromatic nitrogens is 1. The lowest BCUT2D eigenvalue weighted by Gasteiger charge is -2.36. The summed E-state index contributed by atoms with van der Waals surface area (Å²) < 4.78 is 5.45. The van der Waals surface area contributed by atoms with Gasteiger partial charge in [-0.15, -0.1) is 0 Å². The molecule has 0 aliphatic carbocycles. The summed E-state index contributed by atoms with van der Waals surface area (Å²) in [5.74, 6) is 1.14. The van der Waals surface area contributed by atoms with E-state index < -0.39 is 6.04 Å². The Hall–Kier alpha value is -2.67. The molecule has 1 aromatic carbocycles. The third kappa shape index (κ3) is 4.56. The largest absolute Gasteiger partial charge is 0.359 e. The molecule has 0 spiro atoms. The molecule has 0 bridgehead atoms. The number of hydrogen-bond donors (Lipinski definition) is 0. The van der Waals surface area contributed by atoms with Crippen LogP contribution >= 0.6 is 0 Å². The zero-order valence-corrected chi connectivity index (χ0v) is 17.8. The van der Waals surface area contributed by atoms with Gasteiger partial charge in [-0.2, -0.15) is 0 Å². The molecular formula is C23H30N4O3. The van der Waals surface area contributed by atoms with Crippen LogP contribution in [-0.4, -0.2) is 70.9 Å². The number of amides is 2. The molecule has 0 N–H and O–H groups in total. The van der Waals surface area contributed by atoms with Crippen molar-refractivity contribution in [3.8, 4) is 0 Å². The normalized spacial score (nSPS) is 21.3. The van der Waals surface area contributed by atoms with Crippen LogP contribution in [0.4, 0.5) is 0 Å². The summed E-state index contributed by atoms with van der Waals surface area (Å²) in [4.78, 5) is 30.6. The summed E-state index contributed by atoms with van der Waals surface area (Å²) in [6, 6.07) is 11.9. The Bertz CT molecular complexity index is 874. The predicted octanol–water partition coefficient (Wildman–Crippen LogP) is 2.43. The van der Waals surface area contributed by atoms with E-state index in [0.29, 0.717) is 31.3 Å². The Balaban J connectivity index is 1.29. The highest BCUT2D eigenvalue weighted by Gasteiger charge is 2.34. The van der Waals surface area contributed by atoms with Gasteiger partial charge in [-0.25, -0.2) is 0 Å². The van der Waals surface area contributed by atoms with Crippen LogP contribution in [0.15, 0.2) is 40.9 Å². The van der Waals surface area contributed by atoms with E-state index in [9.17, 15) is 9.59 Å². The number of rotatable bonds is 5. The summed E-state index contributed by atoms with van der Waals surface area (Å²) in [5.41, 5.74) is 1.69. The average molecular weight is 411 g/mol. The van der Waals surface area contributed by atoms with Gasteiger partial charge in [0, 0.05) is 26.2 Å². The molecule has 2 amide bonds. The van der Waals surface area contributed by atoms with Crippen molar-refractivity contribution in [3.05, 3.63) is 53.4 Å². The monoisotopic (exact) mass is 410 g/mol. The highest BCUT2D eigenvalue weighted by Crippen LogP contribution is 2.23. The smallest absolute Gasteiger partial charge is 0.276 e. The Morgan fingerprint density at radius 2 is 1.87 bits per heavy atom. The van der Waals surface area contributed by atoms with E-state index >= 15 is 0 Å². The molecular weight excluding hydrogens is 380 g/mol.